The van der Waals surface area contributed by atoms with Gasteiger partial charge in [0.2, 0.25) is 5.91 Å². The van der Waals surface area contributed by atoms with Crippen molar-refractivity contribution in [3.8, 4) is 0 Å². The standard InChI is InChI=1S/C18H33N3O/c1-15-5-2-3-11-20(15)13-16-6-4-12-21(14-16)18(22)17-7-9-19-10-8-17/h15-17,19H,2-14H2,1H3/t15-,16+/m0/s1. The Morgan fingerprint density at radius 3 is 2.64 bits per heavy atom. The minimum absolute atomic E-state index is 0.286. The van der Waals surface area contributed by atoms with Gasteiger partial charge in [-0.2, -0.15) is 0 Å². The van der Waals surface area contributed by atoms with Crippen LogP contribution in [0, 0.1) is 11.8 Å². The smallest absolute Gasteiger partial charge is 0.225 e. The topological polar surface area (TPSA) is 35.6 Å². The molecule has 0 spiro atoms. The van der Waals surface area contributed by atoms with Crippen molar-refractivity contribution in [2.45, 2.75) is 57.9 Å². The summed E-state index contributed by atoms with van der Waals surface area (Å²) in [6.45, 7) is 8.87. The second-order valence-corrected chi connectivity index (χ2v) is 7.66. The van der Waals surface area contributed by atoms with E-state index < -0.39 is 0 Å². The summed E-state index contributed by atoms with van der Waals surface area (Å²) in [5.41, 5.74) is 0. The number of likely N-dealkylation sites (tertiary alicyclic amines) is 2. The summed E-state index contributed by atoms with van der Waals surface area (Å²) in [6.07, 6.45) is 8.66. The Morgan fingerprint density at radius 1 is 1.05 bits per heavy atom. The number of nitrogens with zero attached hydrogens (tertiary/aromatic N) is 2. The summed E-state index contributed by atoms with van der Waals surface area (Å²) in [5, 5.41) is 3.36. The molecule has 3 aliphatic rings. The molecule has 0 radical (unpaired) electrons. The van der Waals surface area contributed by atoms with E-state index in [0.717, 1.165) is 45.1 Å². The number of carbonyl (C=O) groups excluding carboxylic acids is 1. The van der Waals surface area contributed by atoms with E-state index in [1.807, 2.05) is 0 Å². The zero-order chi connectivity index (χ0) is 15.4. The normalized spacial score (nSPS) is 32.1. The number of rotatable bonds is 3. The highest BCUT2D eigenvalue weighted by Gasteiger charge is 2.31. The first-order valence-electron chi connectivity index (χ1n) is 9.47. The van der Waals surface area contributed by atoms with E-state index in [2.05, 4.69) is 22.0 Å². The second-order valence-electron chi connectivity index (χ2n) is 7.66. The van der Waals surface area contributed by atoms with Gasteiger partial charge in [0.1, 0.15) is 0 Å². The lowest BCUT2D eigenvalue weighted by Crippen LogP contribution is -2.49. The van der Waals surface area contributed by atoms with Crippen molar-refractivity contribution >= 4 is 5.91 Å². The monoisotopic (exact) mass is 307 g/mol. The van der Waals surface area contributed by atoms with Crippen LogP contribution in [0.1, 0.15) is 51.9 Å². The second kappa shape index (κ2) is 7.78. The first-order chi connectivity index (χ1) is 10.7. The van der Waals surface area contributed by atoms with Crippen molar-refractivity contribution in [3.05, 3.63) is 0 Å². The van der Waals surface area contributed by atoms with Gasteiger partial charge < -0.3 is 15.1 Å². The Kier molecular flexibility index (Phi) is 5.75. The SMILES string of the molecule is C[C@H]1CCCCN1C[C@H]1CCCN(C(=O)C2CCNCC2)C1. The molecular weight excluding hydrogens is 274 g/mol. The van der Waals surface area contributed by atoms with Gasteiger partial charge in [0.05, 0.1) is 0 Å². The molecule has 0 aromatic rings. The predicted octanol–water partition coefficient (Wildman–Crippen LogP) is 2.10. The molecule has 0 aromatic heterocycles. The molecule has 0 saturated carbocycles. The number of piperidine rings is 3. The largest absolute Gasteiger partial charge is 0.342 e. The molecule has 3 fully saturated rings. The summed E-state index contributed by atoms with van der Waals surface area (Å²) >= 11 is 0. The third kappa shape index (κ3) is 4.02. The average molecular weight is 307 g/mol. The van der Waals surface area contributed by atoms with Crippen LogP contribution in [0.15, 0.2) is 0 Å². The summed E-state index contributed by atoms with van der Waals surface area (Å²) in [5.74, 6) is 1.42. The highest BCUT2D eigenvalue weighted by Crippen LogP contribution is 2.25. The third-order valence-electron chi connectivity index (χ3n) is 5.95. The van der Waals surface area contributed by atoms with E-state index in [0.29, 0.717) is 11.8 Å². The Bertz CT molecular complexity index is 367. The molecule has 4 heteroatoms. The van der Waals surface area contributed by atoms with Crippen LogP contribution >= 0.6 is 0 Å². The van der Waals surface area contributed by atoms with Crippen LogP contribution in [-0.4, -0.2) is 61.0 Å². The molecule has 0 unspecified atom stereocenters. The first kappa shape index (κ1) is 16.3. The molecule has 3 aliphatic heterocycles. The van der Waals surface area contributed by atoms with Crippen LogP contribution in [0.3, 0.4) is 0 Å². The molecule has 1 amide bonds. The lowest BCUT2D eigenvalue weighted by molar-refractivity contribution is -0.138. The van der Waals surface area contributed by atoms with Gasteiger partial charge in [-0.15, -0.1) is 0 Å². The molecule has 3 rings (SSSR count). The first-order valence-corrected chi connectivity index (χ1v) is 9.47. The van der Waals surface area contributed by atoms with Gasteiger partial charge in [0.25, 0.3) is 0 Å². The van der Waals surface area contributed by atoms with Crippen LogP contribution in [-0.2, 0) is 4.79 Å². The van der Waals surface area contributed by atoms with E-state index in [9.17, 15) is 4.79 Å². The molecule has 0 bridgehead atoms. The Morgan fingerprint density at radius 2 is 1.86 bits per heavy atom. The summed E-state index contributed by atoms with van der Waals surface area (Å²) < 4.78 is 0. The summed E-state index contributed by atoms with van der Waals surface area (Å²) in [7, 11) is 0. The molecule has 4 nitrogen and oxygen atoms in total. The Balaban J connectivity index is 1.51. The van der Waals surface area contributed by atoms with E-state index >= 15 is 0 Å². The quantitative estimate of drug-likeness (QED) is 0.867. The van der Waals surface area contributed by atoms with Crippen LogP contribution in [0.4, 0.5) is 0 Å². The summed E-state index contributed by atoms with van der Waals surface area (Å²) in [4.78, 5) is 17.6. The fourth-order valence-electron chi connectivity index (χ4n) is 4.50. The molecule has 2 atom stereocenters. The van der Waals surface area contributed by atoms with Crippen molar-refractivity contribution in [2.75, 3.05) is 39.3 Å². The van der Waals surface area contributed by atoms with E-state index in [-0.39, 0.29) is 5.92 Å². The lowest BCUT2D eigenvalue weighted by Gasteiger charge is -2.40. The molecule has 3 saturated heterocycles. The Hall–Kier alpha value is -0.610. The van der Waals surface area contributed by atoms with Crippen molar-refractivity contribution in [1.29, 1.82) is 0 Å². The van der Waals surface area contributed by atoms with Gasteiger partial charge in [-0.1, -0.05) is 6.42 Å². The molecule has 0 aromatic carbocycles. The van der Waals surface area contributed by atoms with Crippen LogP contribution < -0.4 is 5.32 Å². The molecular formula is C18H33N3O. The number of carbonyl (C=O) groups is 1. The minimum atomic E-state index is 0.286. The van der Waals surface area contributed by atoms with Crippen molar-refractivity contribution in [2.24, 2.45) is 11.8 Å². The van der Waals surface area contributed by atoms with E-state index in [1.165, 1.54) is 45.2 Å². The van der Waals surface area contributed by atoms with Crippen LogP contribution in [0.5, 0.6) is 0 Å². The van der Waals surface area contributed by atoms with Gasteiger partial charge in [-0.25, -0.2) is 0 Å². The van der Waals surface area contributed by atoms with Crippen molar-refractivity contribution < 1.29 is 4.79 Å². The molecule has 126 valence electrons. The Labute approximate surface area is 135 Å². The molecule has 0 aliphatic carbocycles. The van der Waals surface area contributed by atoms with E-state index in [4.69, 9.17) is 0 Å². The maximum atomic E-state index is 12.7. The average Bonchev–Trinajstić information content (AvgIpc) is 2.57. The number of hydrogen-bond donors (Lipinski definition) is 1. The summed E-state index contributed by atoms with van der Waals surface area (Å²) in [6, 6.07) is 0.740. The zero-order valence-corrected chi connectivity index (χ0v) is 14.2. The molecule has 1 N–H and O–H groups in total. The zero-order valence-electron chi connectivity index (χ0n) is 14.2. The van der Waals surface area contributed by atoms with Crippen molar-refractivity contribution in [3.63, 3.8) is 0 Å². The fraction of sp³-hybridized carbons (Fsp3) is 0.944. The van der Waals surface area contributed by atoms with Crippen molar-refractivity contribution in [1.82, 2.24) is 15.1 Å². The number of nitrogens with one attached hydrogen (secondary N) is 1. The minimum Gasteiger partial charge on any atom is -0.342 e. The van der Waals surface area contributed by atoms with Crippen LogP contribution in [0.25, 0.3) is 0 Å². The maximum absolute atomic E-state index is 12.7. The van der Waals surface area contributed by atoms with E-state index in [1.54, 1.807) is 0 Å². The van der Waals surface area contributed by atoms with Gasteiger partial charge in [-0.05, 0) is 71.0 Å². The predicted molar refractivity (Wildman–Crippen MR) is 89.8 cm³/mol. The molecule has 3 heterocycles. The molecule has 22 heavy (non-hydrogen) atoms. The van der Waals surface area contributed by atoms with Gasteiger partial charge in [0, 0.05) is 31.6 Å². The fourth-order valence-corrected chi connectivity index (χ4v) is 4.50. The van der Waals surface area contributed by atoms with Crippen LogP contribution in [0.2, 0.25) is 0 Å². The highest BCUT2D eigenvalue weighted by atomic mass is 16.2. The third-order valence-corrected chi connectivity index (χ3v) is 5.95. The highest BCUT2D eigenvalue weighted by molar-refractivity contribution is 5.79. The van der Waals surface area contributed by atoms with Gasteiger partial charge in [0.15, 0.2) is 0 Å². The lowest BCUT2D eigenvalue weighted by atomic mass is 9.91. The maximum Gasteiger partial charge on any atom is 0.225 e. The number of amides is 1. The van der Waals surface area contributed by atoms with Gasteiger partial charge >= 0.3 is 0 Å². The number of hydrogen-bond acceptors (Lipinski definition) is 3. The van der Waals surface area contributed by atoms with Gasteiger partial charge in [-0.3, -0.25) is 4.79 Å².